The summed E-state index contributed by atoms with van der Waals surface area (Å²) in [7, 11) is 2.17. The molecular formula is C43H89NO7P+. The summed E-state index contributed by atoms with van der Waals surface area (Å²) in [4.78, 5) is 9.75. The third-order valence-corrected chi connectivity index (χ3v) is 11.3. The van der Waals surface area contributed by atoms with Crippen LogP contribution in [0, 0.1) is 0 Å². The lowest BCUT2D eigenvalue weighted by molar-refractivity contribution is -0.870. The number of likely N-dealkylation sites (N-methyl/N-ethyl adjacent to an activating group) is 1. The largest absolute Gasteiger partial charge is 0.472 e. The van der Waals surface area contributed by atoms with Gasteiger partial charge in [0.25, 0.3) is 0 Å². The predicted octanol–water partition coefficient (Wildman–Crippen LogP) is 12.7. The molecule has 1 fully saturated rings. The van der Waals surface area contributed by atoms with Crippen LogP contribution >= 0.6 is 7.82 Å². The van der Waals surface area contributed by atoms with Crippen LogP contribution in [-0.4, -0.2) is 82.0 Å². The summed E-state index contributed by atoms with van der Waals surface area (Å²) in [5.41, 5.74) is 0. The van der Waals surface area contributed by atoms with Gasteiger partial charge in [-0.15, -0.1) is 0 Å². The van der Waals surface area contributed by atoms with Crippen molar-refractivity contribution in [2.45, 2.75) is 218 Å². The van der Waals surface area contributed by atoms with E-state index in [9.17, 15) is 9.46 Å². The fourth-order valence-electron chi connectivity index (χ4n) is 6.96. The summed E-state index contributed by atoms with van der Waals surface area (Å²) in [5.74, 6) is -0.442. The average molecular weight is 763 g/mol. The molecule has 1 N–H and O–H groups in total. The van der Waals surface area contributed by atoms with Crippen molar-refractivity contribution >= 4 is 7.82 Å². The molecule has 52 heavy (non-hydrogen) atoms. The molecule has 1 saturated heterocycles. The zero-order valence-corrected chi connectivity index (χ0v) is 36.2. The van der Waals surface area contributed by atoms with Gasteiger partial charge in [-0.2, -0.15) is 0 Å². The second-order valence-corrected chi connectivity index (χ2v) is 18.7. The maximum absolute atomic E-state index is 11.9. The molecule has 0 spiro atoms. The third kappa shape index (κ3) is 35.6. The van der Waals surface area contributed by atoms with Crippen molar-refractivity contribution in [1.82, 2.24) is 0 Å². The van der Waals surface area contributed by atoms with Gasteiger partial charge in [-0.05, 0) is 26.7 Å². The van der Waals surface area contributed by atoms with Gasteiger partial charge in [-0.3, -0.25) is 9.05 Å². The molecule has 312 valence electrons. The van der Waals surface area contributed by atoms with E-state index >= 15 is 0 Å². The van der Waals surface area contributed by atoms with Gasteiger partial charge in [0.05, 0.1) is 41.0 Å². The number of phosphoric acid groups is 1. The maximum atomic E-state index is 11.9. The zero-order chi connectivity index (χ0) is 38.1. The number of phosphoric ester groups is 1. The first-order valence-electron chi connectivity index (χ1n) is 22.3. The molecule has 8 nitrogen and oxygen atoms in total. The van der Waals surface area contributed by atoms with E-state index in [2.05, 4.69) is 0 Å². The first-order valence-corrected chi connectivity index (χ1v) is 23.8. The highest BCUT2D eigenvalue weighted by atomic mass is 31.2. The summed E-state index contributed by atoms with van der Waals surface area (Å²) in [5, 5.41) is 0. The zero-order valence-electron chi connectivity index (χ0n) is 35.3. The van der Waals surface area contributed by atoms with Crippen LogP contribution in [0.25, 0.3) is 0 Å². The predicted molar refractivity (Wildman–Crippen MR) is 219 cm³/mol. The molecule has 2 atom stereocenters. The molecule has 0 bridgehead atoms. The van der Waals surface area contributed by atoms with E-state index < -0.39 is 13.6 Å². The Kier molecular flexibility index (Phi) is 31.8. The van der Waals surface area contributed by atoms with Gasteiger partial charge in [0.2, 0.25) is 0 Å². The number of hydrogen-bond acceptors (Lipinski definition) is 6. The van der Waals surface area contributed by atoms with Gasteiger partial charge in [-0.25, -0.2) is 4.57 Å². The van der Waals surface area contributed by atoms with E-state index in [-0.39, 0.29) is 12.7 Å². The van der Waals surface area contributed by atoms with Crippen LogP contribution in [0.3, 0.4) is 0 Å². The highest BCUT2D eigenvalue weighted by Crippen LogP contribution is 2.43. The number of ether oxygens (including phenoxy) is 3. The molecule has 0 radical (unpaired) electrons. The number of unbranched alkanes of at least 4 members (excludes halogenated alkanes) is 29. The molecule has 0 saturated carbocycles. The number of nitrogens with zero attached hydrogens (tertiary/aromatic N) is 1. The second-order valence-electron chi connectivity index (χ2n) is 17.3. The molecule has 1 aliphatic rings. The number of quaternary nitrogens is 1. The second kappa shape index (κ2) is 33.1. The molecule has 0 aliphatic carbocycles. The Morgan fingerprint density at radius 3 is 1.15 bits per heavy atom. The van der Waals surface area contributed by atoms with Gasteiger partial charge in [0.15, 0.2) is 5.79 Å². The van der Waals surface area contributed by atoms with Crippen LogP contribution in [-0.2, 0) is 27.8 Å². The Morgan fingerprint density at radius 2 is 0.846 bits per heavy atom. The minimum atomic E-state index is -3.90. The Labute approximate surface area is 323 Å². The lowest BCUT2D eigenvalue weighted by Gasteiger charge is -2.24. The maximum Gasteiger partial charge on any atom is 0.472 e. The first kappa shape index (κ1) is 50.0. The van der Waals surface area contributed by atoms with Crippen molar-refractivity contribution in [3.8, 4) is 0 Å². The van der Waals surface area contributed by atoms with Crippen molar-refractivity contribution < 1.29 is 37.2 Å². The Hall–Kier alpha value is -0.0500. The van der Waals surface area contributed by atoms with Crippen molar-refractivity contribution in [1.29, 1.82) is 0 Å². The van der Waals surface area contributed by atoms with E-state index in [1.165, 1.54) is 173 Å². The monoisotopic (exact) mass is 763 g/mol. The van der Waals surface area contributed by atoms with Gasteiger partial charge in [0, 0.05) is 6.61 Å². The van der Waals surface area contributed by atoms with Gasteiger partial charge < -0.3 is 23.6 Å². The Balaban J connectivity index is 1.65. The van der Waals surface area contributed by atoms with Gasteiger partial charge in [0.1, 0.15) is 19.3 Å². The minimum absolute atomic E-state index is 0.0988. The van der Waals surface area contributed by atoms with E-state index in [0.717, 1.165) is 25.9 Å². The fourth-order valence-corrected chi connectivity index (χ4v) is 7.71. The Morgan fingerprint density at radius 1 is 0.538 bits per heavy atom. The van der Waals surface area contributed by atoms with Crippen LogP contribution in [0.2, 0.25) is 0 Å². The van der Waals surface area contributed by atoms with Crippen molar-refractivity contribution in [2.24, 2.45) is 0 Å². The summed E-state index contributed by atoms with van der Waals surface area (Å²) in [6, 6.07) is 0. The smallest absolute Gasteiger partial charge is 0.379 e. The van der Waals surface area contributed by atoms with Crippen molar-refractivity contribution in [2.75, 3.05) is 60.7 Å². The topological polar surface area (TPSA) is 83.5 Å². The van der Waals surface area contributed by atoms with Crippen molar-refractivity contribution in [3.63, 3.8) is 0 Å². The summed E-state index contributed by atoms with van der Waals surface area (Å²) < 4.78 is 39.9. The quantitative estimate of drug-likeness (QED) is 0.0378. The lowest BCUT2D eigenvalue weighted by Crippen LogP contribution is -2.37. The van der Waals surface area contributed by atoms with E-state index in [1.807, 2.05) is 35.0 Å². The van der Waals surface area contributed by atoms with Crippen LogP contribution in [0.4, 0.5) is 0 Å². The summed E-state index contributed by atoms with van der Waals surface area (Å²) in [6.07, 6.45) is 40.8. The van der Waals surface area contributed by atoms with E-state index in [1.54, 1.807) is 0 Å². The molecule has 9 heteroatoms. The number of hydrogen-bond donors (Lipinski definition) is 1. The standard InChI is InChI=1S/C43H88NO7P/c1-43(2)48-41-42(51-43)40-47-37-34-32-30-28-26-24-22-20-18-16-14-12-10-8-6-7-9-11-13-15-17-19-21-23-25-27-29-31-33-35-38-49-52(45,46)50-39-36-44(3,4)5/h42H,6-41H2,1-5H3/p+1/t42-/m0/s1. The molecule has 1 aliphatic heterocycles. The molecule has 1 unspecified atom stereocenters. The number of rotatable bonds is 40. The molecule has 1 rings (SSSR count). The Bertz CT molecular complexity index is 822. The fraction of sp³-hybridized carbons (Fsp3) is 1.00. The molecule has 1 heterocycles. The highest BCUT2D eigenvalue weighted by Gasteiger charge is 2.32. The molecular weight excluding hydrogens is 673 g/mol. The van der Waals surface area contributed by atoms with Crippen LogP contribution in [0.15, 0.2) is 0 Å². The third-order valence-electron chi connectivity index (χ3n) is 10.3. The average Bonchev–Trinajstić information content (AvgIpc) is 3.43. The van der Waals surface area contributed by atoms with Crippen LogP contribution in [0.5, 0.6) is 0 Å². The van der Waals surface area contributed by atoms with Crippen LogP contribution in [0.1, 0.15) is 206 Å². The van der Waals surface area contributed by atoms with Crippen molar-refractivity contribution in [3.05, 3.63) is 0 Å². The van der Waals surface area contributed by atoms with E-state index in [4.69, 9.17) is 23.3 Å². The molecule has 0 aromatic rings. The van der Waals surface area contributed by atoms with Gasteiger partial charge >= 0.3 is 7.82 Å². The summed E-state index contributed by atoms with van der Waals surface area (Å²) in [6.45, 7) is 7.28. The van der Waals surface area contributed by atoms with Gasteiger partial charge in [-0.1, -0.05) is 180 Å². The molecule has 0 aromatic heterocycles. The summed E-state index contributed by atoms with van der Waals surface area (Å²) >= 11 is 0. The highest BCUT2D eigenvalue weighted by molar-refractivity contribution is 7.47. The SMILES string of the molecule is CC1(C)OC[C@H](COCCCCCCCCCCCCCCCCCCCCCCCCCCCCCCCCOP(=O)(O)OCC[N+](C)(C)C)O1. The lowest BCUT2D eigenvalue weighted by atomic mass is 10.0. The van der Waals surface area contributed by atoms with E-state index in [0.29, 0.717) is 30.8 Å². The first-order chi connectivity index (χ1) is 25.0. The minimum Gasteiger partial charge on any atom is -0.379 e. The molecule has 0 aromatic carbocycles. The normalized spacial score (nSPS) is 17.2. The van der Waals surface area contributed by atoms with Crippen LogP contribution < -0.4 is 0 Å². The molecule has 0 amide bonds.